The Kier molecular flexibility index (Phi) is 6.59. The average molecular weight is 331 g/mol. The number of rotatable bonds is 6. The molecular weight excluding hydrogens is 304 g/mol. The van der Waals surface area contributed by atoms with Crippen molar-refractivity contribution in [1.82, 2.24) is 15.6 Å². The van der Waals surface area contributed by atoms with E-state index in [0.717, 1.165) is 29.6 Å². The van der Waals surface area contributed by atoms with E-state index in [9.17, 15) is 0 Å². The van der Waals surface area contributed by atoms with E-state index in [-0.39, 0.29) is 0 Å². The van der Waals surface area contributed by atoms with Crippen LogP contribution >= 0.6 is 11.3 Å². The molecule has 0 aliphatic rings. The molecule has 2 aromatic rings. The number of nitrogens with one attached hydrogen (secondary N) is 2. The third-order valence-corrected chi connectivity index (χ3v) is 4.45. The molecular formula is C18H26N4S. The lowest BCUT2D eigenvalue weighted by atomic mass is 10.1. The first kappa shape index (κ1) is 17.5. The first-order chi connectivity index (χ1) is 11.1. The molecule has 0 saturated heterocycles. The number of aryl methyl sites for hydroxylation is 1. The Balaban J connectivity index is 1.77. The second kappa shape index (κ2) is 8.67. The quantitative estimate of drug-likeness (QED) is 0.630. The fourth-order valence-corrected chi connectivity index (χ4v) is 3.14. The van der Waals surface area contributed by atoms with Gasteiger partial charge in [0.2, 0.25) is 0 Å². The summed E-state index contributed by atoms with van der Waals surface area (Å²) in [5.41, 5.74) is 3.80. The van der Waals surface area contributed by atoms with Gasteiger partial charge < -0.3 is 10.6 Å². The molecule has 0 aliphatic carbocycles. The molecule has 0 aliphatic heterocycles. The van der Waals surface area contributed by atoms with E-state index in [1.54, 1.807) is 18.4 Å². The SMILES string of the molecule is CN=C(NCCc1cccc(C)c1)NCc1nc(C(C)C)cs1. The molecule has 1 aromatic carbocycles. The van der Waals surface area contributed by atoms with Crippen molar-refractivity contribution >= 4 is 17.3 Å². The van der Waals surface area contributed by atoms with Crippen LogP contribution in [0.3, 0.4) is 0 Å². The first-order valence-corrected chi connectivity index (χ1v) is 8.91. The summed E-state index contributed by atoms with van der Waals surface area (Å²) in [5.74, 6) is 1.30. The molecule has 0 unspecified atom stereocenters. The number of guanidine groups is 1. The molecule has 1 aromatic heterocycles. The Morgan fingerprint density at radius 3 is 2.78 bits per heavy atom. The molecule has 0 spiro atoms. The molecule has 124 valence electrons. The fraction of sp³-hybridized carbons (Fsp3) is 0.444. The highest BCUT2D eigenvalue weighted by atomic mass is 32.1. The summed E-state index contributed by atoms with van der Waals surface area (Å²) < 4.78 is 0. The van der Waals surface area contributed by atoms with Crippen LogP contribution in [0, 0.1) is 6.92 Å². The van der Waals surface area contributed by atoms with Crippen LogP contribution in [0.5, 0.6) is 0 Å². The number of thiazole rings is 1. The van der Waals surface area contributed by atoms with Crippen LogP contribution in [0.2, 0.25) is 0 Å². The zero-order chi connectivity index (χ0) is 16.7. The summed E-state index contributed by atoms with van der Waals surface area (Å²) in [4.78, 5) is 8.89. The first-order valence-electron chi connectivity index (χ1n) is 8.03. The Morgan fingerprint density at radius 1 is 1.30 bits per heavy atom. The molecule has 1 heterocycles. The maximum absolute atomic E-state index is 4.63. The largest absolute Gasteiger partial charge is 0.356 e. The lowest BCUT2D eigenvalue weighted by Crippen LogP contribution is -2.37. The predicted octanol–water partition coefficient (Wildman–Crippen LogP) is 3.48. The van der Waals surface area contributed by atoms with Crippen molar-refractivity contribution in [1.29, 1.82) is 0 Å². The summed E-state index contributed by atoms with van der Waals surface area (Å²) in [6.07, 6.45) is 0.983. The van der Waals surface area contributed by atoms with Gasteiger partial charge in [-0.1, -0.05) is 43.7 Å². The molecule has 0 saturated carbocycles. The Hall–Kier alpha value is -1.88. The summed E-state index contributed by atoms with van der Waals surface area (Å²) in [6.45, 7) is 8.02. The molecule has 0 atom stereocenters. The van der Waals surface area contributed by atoms with Crippen LogP contribution in [0.25, 0.3) is 0 Å². The van der Waals surface area contributed by atoms with Gasteiger partial charge in [-0.05, 0) is 24.8 Å². The Labute approximate surface area is 143 Å². The number of aromatic nitrogens is 1. The van der Waals surface area contributed by atoms with Crippen molar-refractivity contribution in [3.8, 4) is 0 Å². The molecule has 2 N–H and O–H groups in total. The van der Waals surface area contributed by atoms with Gasteiger partial charge in [-0.25, -0.2) is 4.98 Å². The normalized spacial score (nSPS) is 11.8. The van der Waals surface area contributed by atoms with Gasteiger partial charge >= 0.3 is 0 Å². The van der Waals surface area contributed by atoms with Gasteiger partial charge in [0.05, 0.1) is 12.2 Å². The third kappa shape index (κ3) is 5.67. The van der Waals surface area contributed by atoms with Crippen molar-refractivity contribution in [2.75, 3.05) is 13.6 Å². The minimum absolute atomic E-state index is 0.478. The second-order valence-corrected chi connectivity index (χ2v) is 6.86. The van der Waals surface area contributed by atoms with Gasteiger partial charge in [-0.15, -0.1) is 11.3 Å². The zero-order valence-electron chi connectivity index (χ0n) is 14.4. The summed E-state index contributed by atoms with van der Waals surface area (Å²) in [7, 11) is 1.80. The number of hydrogen-bond donors (Lipinski definition) is 2. The van der Waals surface area contributed by atoms with E-state index >= 15 is 0 Å². The number of aliphatic imine (C=N–C) groups is 1. The number of hydrogen-bond acceptors (Lipinski definition) is 3. The summed E-state index contributed by atoms with van der Waals surface area (Å²) in [6, 6.07) is 8.61. The van der Waals surface area contributed by atoms with E-state index < -0.39 is 0 Å². The minimum Gasteiger partial charge on any atom is -0.356 e. The molecule has 23 heavy (non-hydrogen) atoms. The molecule has 0 radical (unpaired) electrons. The summed E-state index contributed by atoms with van der Waals surface area (Å²) >= 11 is 1.70. The smallest absolute Gasteiger partial charge is 0.191 e. The van der Waals surface area contributed by atoms with Gasteiger partial charge in [0, 0.05) is 19.0 Å². The van der Waals surface area contributed by atoms with Gasteiger partial charge in [0.25, 0.3) is 0 Å². The topological polar surface area (TPSA) is 49.3 Å². The highest BCUT2D eigenvalue weighted by molar-refractivity contribution is 7.09. The van der Waals surface area contributed by atoms with Crippen LogP contribution in [0.4, 0.5) is 0 Å². The van der Waals surface area contributed by atoms with Crippen LogP contribution in [0.1, 0.15) is 41.6 Å². The summed E-state index contributed by atoms with van der Waals surface area (Å²) in [5, 5.41) is 9.90. The molecule has 2 rings (SSSR count). The number of nitrogens with zero attached hydrogens (tertiary/aromatic N) is 2. The Bertz CT molecular complexity index is 646. The lowest BCUT2D eigenvalue weighted by molar-refractivity contribution is 0.778. The second-order valence-electron chi connectivity index (χ2n) is 5.91. The van der Waals surface area contributed by atoms with E-state index in [1.807, 2.05) is 0 Å². The van der Waals surface area contributed by atoms with Crippen molar-refractivity contribution in [2.45, 2.75) is 39.7 Å². The maximum atomic E-state index is 4.63. The Morgan fingerprint density at radius 2 is 2.13 bits per heavy atom. The molecule has 0 amide bonds. The predicted molar refractivity (Wildman–Crippen MR) is 99.3 cm³/mol. The van der Waals surface area contributed by atoms with Gasteiger partial charge in [0.1, 0.15) is 5.01 Å². The third-order valence-electron chi connectivity index (χ3n) is 3.58. The fourth-order valence-electron chi connectivity index (χ4n) is 2.24. The van der Waals surface area contributed by atoms with E-state index in [0.29, 0.717) is 12.5 Å². The average Bonchev–Trinajstić information content (AvgIpc) is 3.00. The zero-order valence-corrected chi connectivity index (χ0v) is 15.2. The van der Waals surface area contributed by atoms with Crippen molar-refractivity contribution in [3.05, 3.63) is 51.5 Å². The van der Waals surface area contributed by atoms with Crippen LogP contribution in [0.15, 0.2) is 34.6 Å². The van der Waals surface area contributed by atoms with Crippen molar-refractivity contribution in [3.63, 3.8) is 0 Å². The van der Waals surface area contributed by atoms with E-state index in [4.69, 9.17) is 0 Å². The van der Waals surface area contributed by atoms with Gasteiger partial charge in [-0.2, -0.15) is 0 Å². The molecule has 4 nitrogen and oxygen atoms in total. The van der Waals surface area contributed by atoms with Crippen LogP contribution in [-0.4, -0.2) is 24.5 Å². The molecule has 0 fully saturated rings. The van der Waals surface area contributed by atoms with Crippen LogP contribution in [-0.2, 0) is 13.0 Å². The highest BCUT2D eigenvalue weighted by Crippen LogP contribution is 2.17. The van der Waals surface area contributed by atoms with Crippen LogP contribution < -0.4 is 10.6 Å². The minimum atomic E-state index is 0.478. The van der Waals surface area contributed by atoms with Crippen molar-refractivity contribution in [2.24, 2.45) is 4.99 Å². The van der Waals surface area contributed by atoms with E-state index in [1.165, 1.54) is 11.1 Å². The van der Waals surface area contributed by atoms with Crippen molar-refractivity contribution < 1.29 is 0 Å². The standard InChI is InChI=1S/C18H26N4S/c1-13(2)16-12-23-17(22-16)11-21-18(19-4)20-9-8-15-7-5-6-14(3)10-15/h5-7,10,12-13H,8-9,11H2,1-4H3,(H2,19,20,21). The van der Waals surface area contributed by atoms with Gasteiger partial charge in [-0.3, -0.25) is 4.99 Å². The van der Waals surface area contributed by atoms with Gasteiger partial charge in [0.15, 0.2) is 5.96 Å². The molecule has 5 heteroatoms. The molecule has 0 bridgehead atoms. The lowest BCUT2D eigenvalue weighted by Gasteiger charge is -2.11. The monoisotopic (exact) mass is 330 g/mol. The maximum Gasteiger partial charge on any atom is 0.191 e. The van der Waals surface area contributed by atoms with E-state index in [2.05, 4.69) is 71.0 Å². The number of benzene rings is 1. The highest BCUT2D eigenvalue weighted by Gasteiger charge is 2.06.